The van der Waals surface area contributed by atoms with Crippen LogP contribution in [0.25, 0.3) is 0 Å². The average Bonchev–Trinajstić information content (AvgIpc) is 2.83. The van der Waals surface area contributed by atoms with Gasteiger partial charge in [0.05, 0.1) is 6.26 Å². The molecule has 84 valence electrons. The van der Waals surface area contributed by atoms with Crippen molar-refractivity contribution >= 4 is 5.88 Å². The van der Waals surface area contributed by atoms with Gasteiger partial charge in [-0.1, -0.05) is 30.3 Å². The van der Waals surface area contributed by atoms with E-state index in [1.807, 2.05) is 18.2 Å². The largest absolute Gasteiger partial charge is 0.449 e. The van der Waals surface area contributed by atoms with E-state index in [4.69, 9.17) is 4.42 Å². The van der Waals surface area contributed by atoms with E-state index in [0.717, 1.165) is 12.3 Å². The number of likely N-dealkylation sites (N-methyl/N-ethyl adjacent to an activating group) is 1. The minimum atomic E-state index is 0.425. The van der Waals surface area contributed by atoms with Crippen molar-refractivity contribution < 1.29 is 4.42 Å². The first-order chi connectivity index (χ1) is 7.77. The van der Waals surface area contributed by atoms with Crippen LogP contribution in [0.4, 0.5) is 5.88 Å². The molecule has 0 fully saturated rings. The van der Waals surface area contributed by atoms with E-state index in [1.54, 1.807) is 6.26 Å². The number of anilines is 1. The van der Waals surface area contributed by atoms with E-state index in [1.165, 1.54) is 5.56 Å². The predicted molar refractivity (Wildman–Crippen MR) is 66.7 cm³/mol. The third-order valence-electron chi connectivity index (χ3n) is 2.89. The van der Waals surface area contributed by atoms with Crippen molar-refractivity contribution in [3.05, 3.63) is 54.3 Å². The molecule has 2 rings (SSSR count). The molecule has 0 aliphatic rings. The van der Waals surface area contributed by atoms with Gasteiger partial charge in [-0.2, -0.15) is 0 Å². The lowest BCUT2D eigenvalue weighted by atomic mass is 10.1. The summed E-state index contributed by atoms with van der Waals surface area (Å²) in [6, 6.07) is 14.9. The maximum atomic E-state index is 5.38. The monoisotopic (exact) mass is 215 g/mol. The van der Waals surface area contributed by atoms with Gasteiger partial charge in [-0.25, -0.2) is 0 Å². The molecular weight excluding hydrogens is 198 g/mol. The number of benzene rings is 1. The van der Waals surface area contributed by atoms with Gasteiger partial charge in [-0.3, -0.25) is 0 Å². The van der Waals surface area contributed by atoms with Crippen LogP contribution >= 0.6 is 0 Å². The summed E-state index contributed by atoms with van der Waals surface area (Å²) in [6.45, 7) is 2.20. The van der Waals surface area contributed by atoms with Crippen LogP contribution in [0.15, 0.2) is 53.1 Å². The van der Waals surface area contributed by atoms with Gasteiger partial charge in [0, 0.05) is 19.2 Å². The van der Waals surface area contributed by atoms with E-state index < -0.39 is 0 Å². The highest BCUT2D eigenvalue weighted by Crippen LogP contribution is 2.17. The molecule has 0 aliphatic carbocycles. The molecule has 0 radical (unpaired) electrons. The fourth-order valence-corrected chi connectivity index (χ4v) is 1.78. The van der Waals surface area contributed by atoms with Gasteiger partial charge in [0.25, 0.3) is 0 Å². The minimum Gasteiger partial charge on any atom is -0.449 e. The Hall–Kier alpha value is -1.70. The highest BCUT2D eigenvalue weighted by atomic mass is 16.3. The summed E-state index contributed by atoms with van der Waals surface area (Å²) in [5.41, 5.74) is 1.36. The number of furan rings is 1. The minimum absolute atomic E-state index is 0.425. The Morgan fingerprint density at radius 3 is 2.50 bits per heavy atom. The molecule has 1 heterocycles. The van der Waals surface area contributed by atoms with Crippen LogP contribution in [-0.4, -0.2) is 13.1 Å². The van der Waals surface area contributed by atoms with Crippen molar-refractivity contribution in [2.45, 2.75) is 19.4 Å². The van der Waals surface area contributed by atoms with Crippen LogP contribution in [0.3, 0.4) is 0 Å². The molecule has 0 bridgehead atoms. The van der Waals surface area contributed by atoms with E-state index in [2.05, 4.69) is 43.1 Å². The Bertz CT molecular complexity index is 408. The first-order valence-corrected chi connectivity index (χ1v) is 5.57. The Morgan fingerprint density at radius 2 is 1.88 bits per heavy atom. The highest BCUT2D eigenvalue weighted by molar-refractivity contribution is 5.35. The number of hydrogen-bond acceptors (Lipinski definition) is 2. The molecule has 0 aliphatic heterocycles. The van der Waals surface area contributed by atoms with E-state index in [0.29, 0.717) is 6.04 Å². The molecule has 0 spiro atoms. The lowest BCUT2D eigenvalue weighted by Gasteiger charge is -2.24. The second kappa shape index (κ2) is 4.88. The molecule has 1 unspecified atom stereocenters. The second-order valence-electron chi connectivity index (χ2n) is 4.10. The average molecular weight is 215 g/mol. The lowest BCUT2D eigenvalue weighted by molar-refractivity contribution is 0.529. The fourth-order valence-electron chi connectivity index (χ4n) is 1.78. The molecule has 1 aromatic heterocycles. The molecule has 2 heteroatoms. The van der Waals surface area contributed by atoms with E-state index in [9.17, 15) is 0 Å². The summed E-state index contributed by atoms with van der Waals surface area (Å²) >= 11 is 0. The molecule has 2 nitrogen and oxygen atoms in total. The van der Waals surface area contributed by atoms with Gasteiger partial charge in [-0.15, -0.1) is 0 Å². The van der Waals surface area contributed by atoms with Gasteiger partial charge >= 0.3 is 0 Å². The molecule has 0 amide bonds. The molecule has 0 saturated carbocycles. The van der Waals surface area contributed by atoms with Gasteiger partial charge in [0.1, 0.15) is 0 Å². The van der Waals surface area contributed by atoms with Crippen molar-refractivity contribution in [1.29, 1.82) is 0 Å². The Kier molecular flexibility index (Phi) is 3.30. The fraction of sp³-hybridized carbons (Fsp3) is 0.286. The Labute approximate surface area is 96.5 Å². The summed E-state index contributed by atoms with van der Waals surface area (Å²) < 4.78 is 5.38. The van der Waals surface area contributed by atoms with Gasteiger partial charge < -0.3 is 9.32 Å². The Balaban J connectivity index is 2.01. The van der Waals surface area contributed by atoms with E-state index >= 15 is 0 Å². The topological polar surface area (TPSA) is 16.4 Å². The first kappa shape index (κ1) is 10.8. The standard InChI is InChI=1S/C14H17NO/c1-12(11-13-7-4-3-5-8-13)15(2)14-9-6-10-16-14/h3-10,12H,11H2,1-2H3. The van der Waals surface area contributed by atoms with Gasteiger partial charge in [-0.05, 0) is 25.0 Å². The van der Waals surface area contributed by atoms with Crippen LogP contribution in [0.1, 0.15) is 12.5 Å². The van der Waals surface area contributed by atoms with Crippen molar-refractivity contribution in [2.75, 3.05) is 11.9 Å². The van der Waals surface area contributed by atoms with Crippen LogP contribution in [-0.2, 0) is 6.42 Å². The molecular formula is C14H17NO. The SMILES string of the molecule is CC(Cc1ccccc1)N(C)c1ccco1. The lowest BCUT2D eigenvalue weighted by Crippen LogP contribution is -2.30. The zero-order valence-corrected chi connectivity index (χ0v) is 9.76. The number of rotatable bonds is 4. The van der Waals surface area contributed by atoms with Crippen LogP contribution in [0.2, 0.25) is 0 Å². The van der Waals surface area contributed by atoms with Crippen LogP contribution in [0, 0.1) is 0 Å². The zero-order valence-electron chi connectivity index (χ0n) is 9.76. The van der Waals surface area contributed by atoms with Crippen molar-refractivity contribution in [3.63, 3.8) is 0 Å². The first-order valence-electron chi connectivity index (χ1n) is 5.57. The van der Waals surface area contributed by atoms with Crippen molar-refractivity contribution in [3.8, 4) is 0 Å². The third kappa shape index (κ3) is 2.45. The summed E-state index contributed by atoms with van der Waals surface area (Å²) in [6.07, 6.45) is 2.74. The molecule has 16 heavy (non-hydrogen) atoms. The molecule has 0 N–H and O–H groups in total. The van der Waals surface area contributed by atoms with E-state index in [-0.39, 0.29) is 0 Å². The maximum Gasteiger partial charge on any atom is 0.195 e. The van der Waals surface area contributed by atoms with Crippen LogP contribution in [0.5, 0.6) is 0 Å². The Morgan fingerprint density at radius 1 is 1.12 bits per heavy atom. The highest BCUT2D eigenvalue weighted by Gasteiger charge is 2.12. The number of hydrogen-bond donors (Lipinski definition) is 0. The molecule has 0 saturated heterocycles. The molecule has 1 atom stereocenters. The molecule has 2 aromatic rings. The van der Waals surface area contributed by atoms with Crippen molar-refractivity contribution in [2.24, 2.45) is 0 Å². The normalized spacial score (nSPS) is 12.4. The summed E-state index contributed by atoms with van der Waals surface area (Å²) in [7, 11) is 2.06. The smallest absolute Gasteiger partial charge is 0.195 e. The predicted octanol–water partition coefficient (Wildman–Crippen LogP) is 3.35. The summed E-state index contributed by atoms with van der Waals surface area (Å²) in [5.74, 6) is 0.920. The third-order valence-corrected chi connectivity index (χ3v) is 2.89. The zero-order chi connectivity index (χ0) is 11.4. The van der Waals surface area contributed by atoms with Crippen molar-refractivity contribution in [1.82, 2.24) is 0 Å². The second-order valence-corrected chi connectivity index (χ2v) is 4.10. The summed E-state index contributed by atoms with van der Waals surface area (Å²) in [4.78, 5) is 2.16. The van der Waals surface area contributed by atoms with Crippen LogP contribution < -0.4 is 4.90 Å². The van der Waals surface area contributed by atoms with Gasteiger partial charge in [0.2, 0.25) is 0 Å². The summed E-state index contributed by atoms with van der Waals surface area (Å²) in [5, 5.41) is 0. The molecule has 1 aromatic carbocycles. The van der Waals surface area contributed by atoms with Gasteiger partial charge in [0.15, 0.2) is 5.88 Å². The number of nitrogens with zero attached hydrogens (tertiary/aromatic N) is 1. The maximum absolute atomic E-state index is 5.38. The quantitative estimate of drug-likeness (QED) is 0.777.